The normalized spacial score (nSPS) is 10.8. The zero-order valence-electron chi connectivity index (χ0n) is 17.9. The number of benzene rings is 2. The number of carbonyl (C=O) groups is 1. The number of carbonyl (C=O) groups excluding carboxylic acids is 1. The lowest BCUT2D eigenvalue weighted by Crippen LogP contribution is -2.38. The maximum Gasteiger partial charge on any atom is 0.246 e. The highest BCUT2D eigenvalue weighted by Gasteiger charge is 2.07. The fraction of sp³-hybridized carbons (Fsp3) is 0.261. The van der Waals surface area contributed by atoms with Gasteiger partial charge in [0.15, 0.2) is 5.96 Å². The summed E-state index contributed by atoms with van der Waals surface area (Å²) in [6.07, 6.45) is 3.42. The number of amides is 1. The third-order valence-electron chi connectivity index (χ3n) is 4.45. The topological polar surface area (TPSA) is 74.5 Å². The molecule has 0 saturated heterocycles. The van der Waals surface area contributed by atoms with Crippen LogP contribution < -0.4 is 10.6 Å². The van der Waals surface area contributed by atoms with E-state index in [9.17, 15) is 4.79 Å². The van der Waals surface area contributed by atoms with Gasteiger partial charge in [-0.2, -0.15) is 5.10 Å². The van der Waals surface area contributed by atoms with E-state index < -0.39 is 0 Å². The van der Waals surface area contributed by atoms with E-state index in [1.54, 1.807) is 23.1 Å². The SMILES string of the molecule is CCNC(=NCc1cccc(NC(=O)Cn2cccn2)c1)N(C)Cc1ccccc1.I. The largest absolute Gasteiger partial charge is 0.357 e. The first kappa shape index (κ1) is 24.4. The van der Waals surface area contributed by atoms with Crippen molar-refractivity contribution in [3.63, 3.8) is 0 Å². The summed E-state index contributed by atoms with van der Waals surface area (Å²) in [7, 11) is 2.03. The number of hydrogen-bond donors (Lipinski definition) is 2. The first-order valence-electron chi connectivity index (χ1n) is 10.0. The number of aromatic nitrogens is 2. The Labute approximate surface area is 200 Å². The molecular formula is C23H29IN6O. The Morgan fingerprint density at radius 1 is 1.10 bits per heavy atom. The standard InChI is InChI=1S/C23H28N6O.HI/c1-3-24-23(28(2)17-19-9-5-4-6-10-19)25-16-20-11-7-12-21(15-20)27-22(30)18-29-14-8-13-26-29;/h4-15H,3,16-18H2,1-2H3,(H,24,25)(H,27,30);1H. The van der Waals surface area contributed by atoms with Gasteiger partial charge in [0.25, 0.3) is 0 Å². The minimum Gasteiger partial charge on any atom is -0.357 e. The molecule has 1 aromatic heterocycles. The van der Waals surface area contributed by atoms with Gasteiger partial charge < -0.3 is 15.5 Å². The fourth-order valence-corrected chi connectivity index (χ4v) is 3.06. The van der Waals surface area contributed by atoms with Gasteiger partial charge in [0.1, 0.15) is 6.54 Å². The van der Waals surface area contributed by atoms with E-state index in [-0.39, 0.29) is 36.4 Å². The average molecular weight is 532 g/mol. The number of rotatable bonds is 8. The van der Waals surface area contributed by atoms with Crippen molar-refractivity contribution in [2.45, 2.75) is 26.6 Å². The van der Waals surface area contributed by atoms with Gasteiger partial charge in [0, 0.05) is 38.2 Å². The molecule has 7 nitrogen and oxygen atoms in total. The highest BCUT2D eigenvalue weighted by molar-refractivity contribution is 14.0. The van der Waals surface area contributed by atoms with E-state index in [0.29, 0.717) is 6.54 Å². The summed E-state index contributed by atoms with van der Waals surface area (Å²) in [5.41, 5.74) is 3.00. The van der Waals surface area contributed by atoms with Crippen LogP contribution in [-0.2, 0) is 24.4 Å². The molecule has 0 unspecified atom stereocenters. The minimum atomic E-state index is -0.115. The summed E-state index contributed by atoms with van der Waals surface area (Å²) in [6.45, 7) is 4.33. The van der Waals surface area contributed by atoms with E-state index in [1.807, 2.05) is 49.5 Å². The van der Waals surface area contributed by atoms with Crippen molar-refractivity contribution in [1.82, 2.24) is 20.0 Å². The van der Waals surface area contributed by atoms with Crippen molar-refractivity contribution in [3.05, 3.63) is 84.2 Å². The monoisotopic (exact) mass is 532 g/mol. The summed E-state index contributed by atoms with van der Waals surface area (Å²) < 4.78 is 1.59. The Bertz CT molecular complexity index is 959. The van der Waals surface area contributed by atoms with Crippen molar-refractivity contribution >= 4 is 41.5 Å². The molecule has 0 saturated carbocycles. The predicted octanol–water partition coefficient (Wildman–Crippen LogP) is 3.74. The molecule has 31 heavy (non-hydrogen) atoms. The first-order chi connectivity index (χ1) is 14.6. The molecule has 3 aromatic rings. The van der Waals surface area contributed by atoms with Crippen LogP contribution in [0.1, 0.15) is 18.1 Å². The zero-order valence-corrected chi connectivity index (χ0v) is 20.2. The van der Waals surface area contributed by atoms with Gasteiger partial charge >= 0.3 is 0 Å². The number of nitrogens with zero attached hydrogens (tertiary/aromatic N) is 4. The second-order valence-corrected chi connectivity index (χ2v) is 6.96. The molecule has 0 aliphatic carbocycles. The second-order valence-electron chi connectivity index (χ2n) is 6.96. The fourth-order valence-electron chi connectivity index (χ4n) is 3.06. The molecule has 1 amide bonds. The smallest absolute Gasteiger partial charge is 0.246 e. The third kappa shape index (κ3) is 8.05. The van der Waals surface area contributed by atoms with Crippen molar-refractivity contribution in [1.29, 1.82) is 0 Å². The number of aliphatic imine (C=N–C) groups is 1. The summed E-state index contributed by atoms with van der Waals surface area (Å²) in [5, 5.41) is 10.3. The number of hydrogen-bond acceptors (Lipinski definition) is 3. The van der Waals surface area contributed by atoms with Crippen LogP contribution >= 0.6 is 24.0 Å². The van der Waals surface area contributed by atoms with Crippen LogP contribution in [0.15, 0.2) is 78.0 Å². The van der Waals surface area contributed by atoms with Crippen LogP contribution in [0, 0.1) is 0 Å². The Balaban J connectivity index is 0.00000341. The summed E-state index contributed by atoms with van der Waals surface area (Å²) in [5.74, 6) is 0.727. The molecule has 0 bridgehead atoms. The molecule has 164 valence electrons. The number of nitrogens with one attached hydrogen (secondary N) is 2. The second kappa shape index (κ2) is 12.7. The van der Waals surface area contributed by atoms with Crippen LogP contribution in [0.3, 0.4) is 0 Å². The molecule has 0 aliphatic heterocycles. The quantitative estimate of drug-likeness (QED) is 0.264. The molecule has 0 fully saturated rings. The van der Waals surface area contributed by atoms with E-state index in [0.717, 1.165) is 30.3 Å². The van der Waals surface area contributed by atoms with Gasteiger partial charge in [-0.3, -0.25) is 9.48 Å². The van der Waals surface area contributed by atoms with Crippen LogP contribution in [0.5, 0.6) is 0 Å². The molecule has 0 atom stereocenters. The van der Waals surface area contributed by atoms with Gasteiger partial charge in [-0.05, 0) is 36.2 Å². The molecule has 0 spiro atoms. The summed E-state index contributed by atoms with van der Waals surface area (Å²) in [6, 6.07) is 19.9. The minimum absolute atomic E-state index is 0. The van der Waals surface area contributed by atoms with Gasteiger partial charge in [-0.1, -0.05) is 42.5 Å². The van der Waals surface area contributed by atoms with Crippen molar-refractivity contribution < 1.29 is 4.79 Å². The lowest BCUT2D eigenvalue weighted by Gasteiger charge is -2.22. The van der Waals surface area contributed by atoms with Crippen LogP contribution in [0.25, 0.3) is 0 Å². The Morgan fingerprint density at radius 2 is 1.87 bits per heavy atom. The van der Waals surface area contributed by atoms with Gasteiger partial charge in [-0.15, -0.1) is 24.0 Å². The van der Waals surface area contributed by atoms with Gasteiger partial charge in [-0.25, -0.2) is 4.99 Å². The van der Waals surface area contributed by atoms with E-state index in [4.69, 9.17) is 4.99 Å². The maximum atomic E-state index is 12.2. The van der Waals surface area contributed by atoms with E-state index in [1.165, 1.54) is 5.56 Å². The number of halogens is 1. The van der Waals surface area contributed by atoms with Crippen molar-refractivity contribution in [2.75, 3.05) is 18.9 Å². The van der Waals surface area contributed by atoms with Crippen molar-refractivity contribution in [2.24, 2.45) is 4.99 Å². The van der Waals surface area contributed by atoms with Gasteiger partial charge in [0.05, 0.1) is 6.54 Å². The van der Waals surface area contributed by atoms with E-state index in [2.05, 4.69) is 39.7 Å². The first-order valence-corrected chi connectivity index (χ1v) is 10.0. The molecule has 3 rings (SSSR count). The lowest BCUT2D eigenvalue weighted by molar-refractivity contribution is -0.116. The molecule has 8 heteroatoms. The lowest BCUT2D eigenvalue weighted by atomic mass is 10.2. The number of anilines is 1. The molecular weight excluding hydrogens is 503 g/mol. The van der Waals surface area contributed by atoms with E-state index >= 15 is 0 Å². The Hall–Kier alpha value is -2.88. The molecule has 0 aliphatic rings. The third-order valence-corrected chi connectivity index (χ3v) is 4.45. The molecule has 2 N–H and O–H groups in total. The molecule has 0 radical (unpaired) electrons. The summed E-state index contributed by atoms with van der Waals surface area (Å²) >= 11 is 0. The maximum absolute atomic E-state index is 12.2. The Morgan fingerprint density at radius 3 is 2.58 bits per heavy atom. The zero-order chi connectivity index (χ0) is 21.2. The highest BCUT2D eigenvalue weighted by atomic mass is 127. The molecule has 2 aromatic carbocycles. The van der Waals surface area contributed by atoms with Crippen LogP contribution in [-0.4, -0.2) is 40.1 Å². The molecule has 1 heterocycles. The highest BCUT2D eigenvalue weighted by Crippen LogP contribution is 2.12. The van der Waals surface area contributed by atoms with Crippen LogP contribution in [0.4, 0.5) is 5.69 Å². The van der Waals surface area contributed by atoms with Crippen LogP contribution in [0.2, 0.25) is 0 Å². The predicted molar refractivity (Wildman–Crippen MR) is 135 cm³/mol. The number of guanidine groups is 1. The van der Waals surface area contributed by atoms with Gasteiger partial charge in [0.2, 0.25) is 5.91 Å². The summed E-state index contributed by atoms with van der Waals surface area (Å²) in [4.78, 5) is 19.1. The van der Waals surface area contributed by atoms with Crippen molar-refractivity contribution in [3.8, 4) is 0 Å². The Kier molecular flexibility index (Phi) is 10.0. The average Bonchev–Trinajstić information content (AvgIpc) is 3.25.